The van der Waals surface area contributed by atoms with Gasteiger partial charge in [-0.1, -0.05) is 13.8 Å². The van der Waals surface area contributed by atoms with E-state index in [-0.39, 0.29) is 28.7 Å². The summed E-state index contributed by atoms with van der Waals surface area (Å²) < 4.78 is 31.1. The van der Waals surface area contributed by atoms with E-state index in [1.165, 1.54) is 12.1 Å². The number of hydrogen-bond acceptors (Lipinski definition) is 6. The number of nitrogens with zero attached hydrogens (tertiary/aromatic N) is 1. The molecule has 2 aliphatic carbocycles. The molecule has 0 unspecified atom stereocenters. The first-order valence-electron chi connectivity index (χ1n) is 10.8. The number of rotatable bonds is 5. The Morgan fingerprint density at radius 3 is 2.52 bits per heavy atom. The molecule has 3 fully saturated rings. The summed E-state index contributed by atoms with van der Waals surface area (Å²) in [5, 5.41) is 11.1. The van der Waals surface area contributed by atoms with Gasteiger partial charge in [-0.15, -0.1) is 0 Å². The van der Waals surface area contributed by atoms with Crippen molar-refractivity contribution in [3.8, 4) is 0 Å². The van der Waals surface area contributed by atoms with Gasteiger partial charge in [0.15, 0.2) is 6.29 Å². The smallest absolute Gasteiger partial charge is 0.269 e. The molecule has 0 aromatic heterocycles. The highest BCUT2D eigenvalue weighted by Crippen LogP contribution is 2.68. The van der Waals surface area contributed by atoms with Gasteiger partial charge in [-0.25, -0.2) is 0 Å². The minimum atomic E-state index is -1.19. The maximum atomic E-state index is 13.7. The molecule has 0 radical (unpaired) electrons. The van der Waals surface area contributed by atoms with Crippen molar-refractivity contribution in [1.29, 1.82) is 0 Å². The number of methoxy groups -OCH3 is 2. The molecule has 1 aromatic rings. The van der Waals surface area contributed by atoms with Crippen LogP contribution in [0.2, 0.25) is 0 Å². The fourth-order valence-electron chi connectivity index (χ4n) is 5.91. The minimum absolute atomic E-state index is 0.0348. The molecule has 1 aromatic carbocycles. The molecule has 1 heterocycles. The molecule has 2 bridgehead atoms. The number of fused-ring (bicyclic) bond motifs is 1. The van der Waals surface area contributed by atoms with Crippen molar-refractivity contribution < 1.29 is 23.3 Å². The summed E-state index contributed by atoms with van der Waals surface area (Å²) in [5.41, 5.74) is 0.817. The van der Waals surface area contributed by atoms with Crippen molar-refractivity contribution in [2.75, 3.05) is 20.0 Å². The Kier molecular flexibility index (Phi) is 6.11. The molecule has 1 saturated heterocycles. The van der Waals surface area contributed by atoms with Crippen LogP contribution in [0.3, 0.4) is 0 Å². The van der Waals surface area contributed by atoms with Crippen LogP contribution in [0.15, 0.2) is 35.2 Å². The van der Waals surface area contributed by atoms with Crippen LogP contribution in [0.25, 0.3) is 0 Å². The van der Waals surface area contributed by atoms with Gasteiger partial charge in [0.2, 0.25) is 0 Å². The zero-order valence-electron chi connectivity index (χ0n) is 18.5. The van der Waals surface area contributed by atoms with E-state index in [1.807, 2.05) is 0 Å². The second kappa shape index (κ2) is 8.39. The molecule has 0 amide bonds. The highest BCUT2D eigenvalue weighted by molar-refractivity contribution is 7.89. The number of non-ortho nitro benzene ring substituents is 1. The lowest BCUT2D eigenvalue weighted by atomic mass is 9.69. The molecule has 3 aliphatic rings. The number of nitro benzene ring substituents is 1. The van der Waals surface area contributed by atoms with Crippen molar-refractivity contribution in [2.45, 2.75) is 58.0 Å². The molecule has 5 atom stereocenters. The molecule has 1 spiro atoms. The van der Waals surface area contributed by atoms with E-state index < -0.39 is 22.0 Å². The second-order valence-corrected chi connectivity index (χ2v) is 11.0. The lowest BCUT2D eigenvalue weighted by Gasteiger charge is -2.45. The molecule has 1 aliphatic heterocycles. The Morgan fingerprint density at radius 2 is 1.94 bits per heavy atom. The van der Waals surface area contributed by atoms with Crippen molar-refractivity contribution in [1.82, 2.24) is 0 Å². The molecule has 2 saturated carbocycles. The quantitative estimate of drug-likeness (QED) is 0.374. The summed E-state index contributed by atoms with van der Waals surface area (Å²) in [6.07, 6.45) is 4.48. The van der Waals surface area contributed by atoms with E-state index in [0.29, 0.717) is 18.1 Å². The van der Waals surface area contributed by atoms with E-state index in [1.54, 1.807) is 32.4 Å². The third-order valence-corrected chi connectivity index (χ3v) is 9.68. The maximum absolute atomic E-state index is 13.7. The van der Waals surface area contributed by atoms with Crippen molar-refractivity contribution >= 4 is 16.5 Å². The standard InChI is InChI=1S/C23H31NO6S/c1-22(2)16-9-10-23(22)14-31(27)18(13-21(28-3)29-4)12-19(30-20(23)11-16)15-5-7-17(8-6-15)24(25)26/h5-8,13,16,19-21H,9-12,14H2,1-4H3/b18-13+/t16-,19-,20-,23-,31-/m1/s1. The number of hydrogen-bond donors (Lipinski definition) is 0. The molecule has 4 rings (SSSR count). The van der Waals surface area contributed by atoms with Gasteiger partial charge in [0, 0.05) is 59.6 Å². The van der Waals surface area contributed by atoms with Gasteiger partial charge in [-0.3, -0.25) is 14.3 Å². The first kappa shape index (κ1) is 22.6. The lowest BCUT2D eigenvalue weighted by molar-refractivity contribution is -0.384. The van der Waals surface area contributed by atoms with E-state index in [4.69, 9.17) is 14.2 Å². The van der Waals surface area contributed by atoms with Crippen LogP contribution in [0.1, 0.15) is 51.2 Å². The zero-order valence-corrected chi connectivity index (χ0v) is 19.4. The van der Waals surface area contributed by atoms with Crippen molar-refractivity contribution in [2.24, 2.45) is 16.7 Å². The summed E-state index contributed by atoms with van der Waals surface area (Å²) >= 11 is 0. The highest BCUT2D eigenvalue weighted by atomic mass is 32.2. The summed E-state index contributed by atoms with van der Waals surface area (Å²) in [6.45, 7) is 4.59. The Labute approximate surface area is 185 Å². The Hall–Kier alpha value is -1.61. The maximum Gasteiger partial charge on any atom is 0.269 e. The topological polar surface area (TPSA) is 87.9 Å². The van der Waals surface area contributed by atoms with Gasteiger partial charge in [0.1, 0.15) is 0 Å². The number of benzene rings is 1. The molecular weight excluding hydrogens is 418 g/mol. The van der Waals surface area contributed by atoms with E-state index in [9.17, 15) is 14.3 Å². The summed E-state index contributed by atoms with van der Waals surface area (Å²) in [6, 6.07) is 6.51. The summed E-state index contributed by atoms with van der Waals surface area (Å²) in [7, 11) is 1.91. The fraction of sp³-hybridized carbons (Fsp3) is 0.652. The average molecular weight is 450 g/mol. The predicted octanol–water partition coefficient (Wildman–Crippen LogP) is 4.50. The fourth-order valence-corrected chi connectivity index (χ4v) is 7.87. The summed E-state index contributed by atoms with van der Waals surface area (Å²) in [4.78, 5) is 11.4. The normalized spacial score (nSPS) is 35.7. The van der Waals surface area contributed by atoms with Gasteiger partial charge >= 0.3 is 0 Å². The zero-order chi connectivity index (χ0) is 22.4. The number of nitro groups is 1. The largest absolute Gasteiger partial charge is 0.369 e. The minimum Gasteiger partial charge on any atom is -0.369 e. The van der Waals surface area contributed by atoms with Crippen LogP contribution >= 0.6 is 0 Å². The van der Waals surface area contributed by atoms with Crippen LogP contribution in [0.4, 0.5) is 5.69 Å². The first-order valence-corrected chi connectivity index (χ1v) is 12.1. The van der Waals surface area contributed by atoms with Crippen LogP contribution < -0.4 is 0 Å². The van der Waals surface area contributed by atoms with E-state index in [2.05, 4.69) is 13.8 Å². The van der Waals surface area contributed by atoms with Crippen LogP contribution in [-0.2, 0) is 25.0 Å². The molecule has 8 heteroatoms. The molecule has 0 N–H and O–H groups in total. The monoisotopic (exact) mass is 449 g/mol. The van der Waals surface area contributed by atoms with E-state index in [0.717, 1.165) is 29.7 Å². The van der Waals surface area contributed by atoms with Gasteiger partial charge in [-0.2, -0.15) is 0 Å². The van der Waals surface area contributed by atoms with Crippen molar-refractivity contribution in [3.05, 3.63) is 50.9 Å². The number of ether oxygens (including phenoxy) is 3. The Morgan fingerprint density at radius 1 is 1.26 bits per heavy atom. The van der Waals surface area contributed by atoms with Gasteiger partial charge in [0.05, 0.1) is 17.1 Å². The molecule has 7 nitrogen and oxygen atoms in total. The molecular formula is C23H31NO6S. The van der Waals surface area contributed by atoms with Crippen LogP contribution in [0.5, 0.6) is 0 Å². The second-order valence-electron chi connectivity index (χ2n) is 9.48. The molecule has 31 heavy (non-hydrogen) atoms. The predicted molar refractivity (Wildman–Crippen MR) is 118 cm³/mol. The summed E-state index contributed by atoms with van der Waals surface area (Å²) in [5.74, 6) is 1.14. The van der Waals surface area contributed by atoms with Gasteiger partial charge in [-0.05, 0) is 54.4 Å². The highest BCUT2D eigenvalue weighted by Gasteiger charge is 2.65. The Bertz CT molecular complexity index is 894. The first-order chi connectivity index (χ1) is 14.7. The van der Waals surface area contributed by atoms with E-state index >= 15 is 0 Å². The molecule has 170 valence electrons. The van der Waals surface area contributed by atoms with Gasteiger partial charge in [0.25, 0.3) is 5.69 Å². The van der Waals surface area contributed by atoms with Gasteiger partial charge < -0.3 is 14.2 Å². The third kappa shape index (κ3) is 3.77. The van der Waals surface area contributed by atoms with Crippen LogP contribution in [0, 0.1) is 26.9 Å². The SMILES string of the molecule is COC(/C=C1\C[C@H](c2ccc([N+](=O)[O-])cc2)O[C@@H]2C[C@H]3CC[C@]2(C[S@]1=O)C3(C)C)OC. The van der Waals surface area contributed by atoms with Crippen LogP contribution in [-0.4, -0.2) is 41.5 Å². The Balaban J connectivity index is 1.74. The third-order valence-electron chi connectivity index (χ3n) is 8.02. The van der Waals surface area contributed by atoms with Crippen molar-refractivity contribution in [3.63, 3.8) is 0 Å². The average Bonchev–Trinajstić information content (AvgIpc) is 3.09. The lowest BCUT2D eigenvalue weighted by Crippen LogP contribution is -2.46.